The number of anilines is 1. The number of carbonyl (C=O) groups is 1. The molecule has 6 nitrogen and oxygen atoms in total. The number of rotatable bonds is 5. The maximum absolute atomic E-state index is 11.3. The first-order chi connectivity index (χ1) is 9.54. The molecule has 0 radical (unpaired) electrons. The molecule has 0 spiro atoms. The fourth-order valence-corrected chi connectivity index (χ4v) is 1.96. The normalized spacial score (nSPS) is 12.6. The van der Waals surface area contributed by atoms with E-state index in [4.69, 9.17) is 0 Å². The van der Waals surface area contributed by atoms with Crippen molar-refractivity contribution in [2.24, 2.45) is 5.92 Å². The zero-order valence-electron chi connectivity index (χ0n) is 11.4. The van der Waals surface area contributed by atoms with Crippen LogP contribution in [-0.2, 0) is 0 Å². The Kier molecular flexibility index (Phi) is 4.14. The van der Waals surface area contributed by atoms with Gasteiger partial charge in [0.2, 0.25) is 0 Å². The second-order valence-electron chi connectivity index (χ2n) is 4.92. The number of hydrogen-bond donors (Lipinski definition) is 3. The topological polar surface area (TPSA) is 95.3 Å². The van der Waals surface area contributed by atoms with Gasteiger partial charge in [0.05, 0.1) is 23.9 Å². The number of nitrogens with zero attached hydrogens (tertiary/aromatic N) is 2. The Bertz CT molecular complexity index is 628. The molecule has 0 aliphatic carbocycles. The molecule has 0 saturated carbocycles. The highest BCUT2D eigenvalue weighted by Crippen LogP contribution is 2.26. The van der Waals surface area contributed by atoms with E-state index in [2.05, 4.69) is 15.5 Å². The molecule has 106 valence electrons. The van der Waals surface area contributed by atoms with Crippen LogP contribution < -0.4 is 5.32 Å². The van der Waals surface area contributed by atoms with E-state index in [1.165, 1.54) is 0 Å². The summed E-state index contributed by atoms with van der Waals surface area (Å²) < 4.78 is 0. The number of carboxylic acid groups (broad SMARTS) is 1. The lowest BCUT2D eigenvalue weighted by atomic mass is 10.0. The summed E-state index contributed by atoms with van der Waals surface area (Å²) in [6, 6.07) is 6.92. The fourth-order valence-electron chi connectivity index (χ4n) is 1.96. The number of aromatic carboxylic acids is 1. The van der Waals surface area contributed by atoms with Gasteiger partial charge in [-0.05, 0) is 12.0 Å². The monoisotopic (exact) mass is 275 g/mol. The van der Waals surface area contributed by atoms with Gasteiger partial charge in [-0.1, -0.05) is 32.0 Å². The van der Waals surface area contributed by atoms with Crippen LogP contribution in [0.4, 0.5) is 5.69 Å². The standard InChI is InChI=1S/C14H17N3O3/c1-8(2)11(7-18)15-12-9-5-3-4-6-10(9)16-17-13(12)14(19)20/h3-6,8,11,18H,7H2,1-2H3,(H,15,16)(H,19,20)/t11-/m1/s1. The van der Waals surface area contributed by atoms with Gasteiger partial charge >= 0.3 is 5.97 Å². The Morgan fingerprint density at radius 3 is 2.60 bits per heavy atom. The number of carboxylic acids is 1. The highest BCUT2D eigenvalue weighted by molar-refractivity contribution is 6.02. The Hall–Kier alpha value is -2.21. The average Bonchev–Trinajstić information content (AvgIpc) is 2.43. The van der Waals surface area contributed by atoms with E-state index >= 15 is 0 Å². The van der Waals surface area contributed by atoms with Crippen molar-refractivity contribution in [1.29, 1.82) is 0 Å². The zero-order chi connectivity index (χ0) is 14.7. The minimum absolute atomic E-state index is 0.0899. The molecular weight excluding hydrogens is 258 g/mol. The van der Waals surface area contributed by atoms with E-state index < -0.39 is 5.97 Å². The summed E-state index contributed by atoms with van der Waals surface area (Å²) in [4.78, 5) is 11.3. The molecule has 0 unspecified atom stereocenters. The van der Waals surface area contributed by atoms with Crippen molar-refractivity contribution in [1.82, 2.24) is 10.2 Å². The number of benzene rings is 1. The Morgan fingerprint density at radius 1 is 1.30 bits per heavy atom. The molecule has 1 heterocycles. The van der Waals surface area contributed by atoms with Crippen LogP contribution in [0.3, 0.4) is 0 Å². The molecule has 20 heavy (non-hydrogen) atoms. The SMILES string of the molecule is CC(C)[C@@H](CO)Nc1c(C(=O)O)nnc2ccccc12. The fraction of sp³-hybridized carbons (Fsp3) is 0.357. The molecule has 6 heteroatoms. The highest BCUT2D eigenvalue weighted by atomic mass is 16.4. The Labute approximate surface area is 116 Å². The molecule has 2 rings (SSSR count). The van der Waals surface area contributed by atoms with Gasteiger partial charge in [-0.15, -0.1) is 10.2 Å². The van der Waals surface area contributed by atoms with Crippen LogP contribution in [0.2, 0.25) is 0 Å². The van der Waals surface area contributed by atoms with Gasteiger partial charge in [0, 0.05) is 5.39 Å². The van der Waals surface area contributed by atoms with Crippen LogP contribution in [0.1, 0.15) is 24.3 Å². The summed E-state index contributed by atoms with van der Waals surface area (Å²) in [5, 5.41) is 30.1. The minimum Gasteiger partial charge on any atom is -0.476 e. The quantitative estimate of drug-likeness (QED) is 0.769. The summed E-state index contributed by atoms with van der Waals surface area (Å²) in [7, 11) is 0. The zero-order valence-corrected chi connectivity index (χ0v) is 11.4. The van der Waals surface area contributed by atoms with Gasteiger partial charge < -0.3 is 15.5 Å². The first kappa shape index (κ1) is 14.2. The van der Waals surface area contributed by atoms with Crippen LogP contribution in [0.15, 0.2) is 24.3 Å². The Balaban J connectivity index is 2.57. The van der Waals surface area contributed by atoms with E-state index in [1.54, 1.807) is 12.1 Å². The first-order valence-electron chi connectivity index (χ1n) is 6.40. The van der Waals surface area contributed by atoms with Crippen molar-refractivity contribution < 1.29 is 15.0 Å². The second-order valence-corrected chi connectivity index (χ2v) is 4.92. The maximum atomic E-state index is 11.3. The summed E-state index contributed by atoms with van der Waals surface area (Å²) in [6.07, 6.45) is 0. The van der Waals surface area contributed by atoms with Crippen molar-refractivity contribution in [2.75, 3.05) is 11.9 Å². The lowest BCUT2D eigenvalue weighted by Crippen LogP contribution is -2.30. The minimum atomic E-state index is -1.15. The smallest absolute Gasteiger partial charge is 0.358 e. The first-order valence-corrected chi connectivity index (χ1v) is 6.40. The molecule has 0 saturated heterocycles. The van der Waals surface area contributed by atoms with Crippen LogP contribution in [0.25, 0.3) is 10.9 Å². The van der Waals surface area contributed by atoms with Gasteiger partial charge in [-0.25, -0.2) is 4.79 Å². The van der Waals surface area contributed by atoms with Crippen LogP contribution in [-0.4, -0.2) is 39.0 Å². The molecule has 1 atom stereocenters. The summed E-state index contributed by atoms with van der Waals surface area (Å²) in [5.41, 5.74) is 0.874. The van der Waals surface area contributed by atoms with E-state index in [9.17, 15) is 15.0 Å². The predicted molar refractivity (Wildman–Crippen MR) is 75.8 cm³/mol. The highest BCUT2D eigenvalue weighted by Gasteiger charge is 2.20. The van der Waals surface area contributed by atoms with Crippen molar-refractivity contribution in [3.63, 3.8) is 0 Å². The molecule has 0 fully saturated rings. The van der Waals surface area contributed by atoms with Crippen molar-refractivity contribution in [3.8, 4) is 0 Å². The van der Waals surface area contributed by atoms with Crippen molar-refractivity contribution >= 4 is 22.6 Å². The molecular formula is C14H17N3O3. The lowest BCUT2D eigenvalue weighted by Gasteiger charge is -2.22. The van der Waals surface area contributed by atoms with Crippen LogP contribution in [0, 0.1) is 5.92 Å². The molecule has 0 bridgehead atoms. The molecule has 0 aliphatic rings. The number of aliphatic hydroxyl groups excluding tert-OH is 1. The summed E-state index contributed by atoms with van der Waals surface area (Å²) >= 11 is 0. The van der Waals surface area contributed by atoms with Crippen molar-refractivity contribution in [3.05, 3.63) is 30.0 Å². The molecule has 1 aromatic carbocycles. The Morgan fingerprint density at radius 2 is 2.00 bits per heavy atom. The van der Waals surface area contributed by atoms with Gasteiger partial charge in [-0.3, -0.25) is 0 Å². The largest absolute Gasteiger partial charge is 0.476 e. The third-order valence-corrected chi connectivity index (χ3v) is 3.20. The number of nitrogens with one attached hydrogen (secondary N) is 1. The molecule has 3 N–H and O–H groups in total. The second kappa shape index (κ2) is 5.83. The predicted octanol–water partition coefficient (Wildman–Crippen LogP) is 1.76. The average molecular weight is 275 g/mol. The summed E-state index contributed by atoms with van der Waals surface area (Å²) in [6.45, 7) is 3.81. The van der Waals surface area contributed by atoms with Gasteiger partial charge in [-0.2, -0.15) is 0 Å². The summed E-state index contributed by atoms with van der Waals surface area (Å²) in [5.74, 6) is -1.00. The third-order valence-electron chi connectivity index (χ3n) is 3.20. The maximum Gasteiger partial charge on any atom is 0.358 e. The van der Waals surface area contributed by atoms with Crippen LogP contribution in [0.5, 0.6) is 0 Å². The number of aliphatic hydroxyl groups is 1. The van der Waals surface area contributed by atoms with Crippen LogP contribution >= 0.6 is 0 Å². The number of hydrogen-bond acceptors (Lipinski definition) is 5. The van der Waals surface area contributed by atoms with Crippen molar-refractivity contribution in [2.45, 2.75) is 19.9 Å². The van der Waals surface area contributed by atoms with Gasteiger partial charge in [0.15, 0.2) is 5.69 Å². The van der Waals surface area contributed by atoms with E-state index in [-0.39, 0.29) is 24.3 Å². The third kappa shape index (κ3) is 2.70. The van der Waals surface area contributed by atoms with Gasteiger partial charge in [0.1, 0.15) is 0 Å². The van der Waals surface area contributed by atoms with E-state index in [0.29, 0.717) is 16.6 Å². The van der Waals surface area contributed by atoms with E-state index in [0.717, 1.165) is 0 Å². The lowest BCUT2D eigenvalue weighted by molar-refractivity contribution is 0.0690. The van der Waals surface area contributed by atoms with Gasteiger partial charge in [0.25, 0.3) is 0 Å². The van der Waals surface area contributed by atoms with E-state index in [1.807, 2.05) is 26.0 Å². The molecule has 0 aliphatic heterocycles. The molecule has 2 aromatic rings. The number of aromatic nitrogens is 2. The molecule has 0 amide bonds. The molecule has 1 aromatic heterocycles. The number of fused-ring (bicyclic) bond motifs is 1.